The highest BCUT2D eigenvalue weighted by Crippen LogP contribution is 2.18. The molecule has 0 aliphatic heterocycles. The van der Waals surface area contributed by atoms with E-state index < -0.39 is 5.97 Å². The molecule has 0 amide bonds. The minimum absolute atomic E-state index is 0.0595. The van der Waals surface area contributed by atoms with Crippen molar-refractivity contribution in [2.24, 2.45) is 0 Å². The third kappa shape index (κ3) is 2.57. The minimum atomic E-state index is -1.06. The molecule has 0 spiro atoms. The average molecular weight is 248 g/mol. The lowest BCUT2D eigenvalue weighted by Gasteiger charge is -2.06. The molecule has 2 rings (SSSR count). The minimum Gasteiger partial charge on any atom is -0.478 e. The van der Waals surface area contributed by atoms with Crippen LogP contribution in [0.15, 0.2) is 22.7 Å². The van der Waals surface area contributed by atoms with Crippen LogP contribution in [0.1, 0.15) is 22.1 Å². The van der Waals surface area contributed by atoms with E-state index in [9.17, 15) is 4.79 Å². The molecule has 0 bridgehead atoms. The Balaban J connectivity index is 2.10. The fourth-order valence-electron chi connectivity index (χ4n) is 1.45. The highest BCUT2D eigenvalue weighted by molar-refractivity contribution is 5.94. The van der Waals surface area contributed by atoms with Crippen LogP contribution in [0.25, 0.3) is 0 Å². The van der Waals surface area contributed by atoms with Crippen LogP contribution in [0.3, 0.4) is 0 Å². The Labute approximate surface area is 103 Å². The number of anilines is 2. The van der Waals surface area contributed by atoms with Gasteiger partial charge in [0.15, 0.2) is 5.82 Å². The zero-order valence-electron chi connectivity index (χ0n) is 9.67. The summed E-state index contributed by atoms with van der Waals surface area (Å²) in [5.41, 5.74) is 6.47. The Morgan fingerprint density at radius 2 is 2.33 bits per heavy atom. The average Bonchev–Trinajstić information content (AvgIpc) is 2.74. The van der Waals surface area contributed by atoms with Crippen molar-refractivity contribution in [3.05, 3.63) is 35.5 Å². The molecule has 0 atom stereocenters. The van der Waals surface area contributed by atoms with Gasteiger partial charge in [0.05, 0.1) is 12.1 Å². The van der Waals surface area contributed by atoms with Gasteiger partial charge in [0.25, 0.3) is 0 Å². The number of nitrogens with two attached hydrogens (primary N) is 1. The van der Waals surface area contributed by atoms with Gasteiger partial charge in [0.2, 0.25) is 5.89 Å². The number of nitrogens with zero attached hydrogens (tertiary/aromatic N) is 2. The molecular formula is C11H12N4O3. The second kappa shape index (κ2) is 4.74. The summed E-state index contributed by atoms with van der Waals surface area (Å²) in [5, 5.41) is 15.6. The lowest BCUT2D eigenvalue weighted by Crippen LogP contribution is -2.06. The number of carboxylic acids is 1. The summed E-state index contributed by atoms with van der Waals surface area (Å²) in [6.45, 7) is 2.04. The molecule has 0 saturated carbocycles. The van der Waals surface area contributed by atoms with Gasteiger partial charge in [-0.05, 0) is 18.2 Å². The Kier molecular flexibility index (Phi) is 3.13. The fourth-order valence-corrected chi connectivity index (χ4v) is 1.45. The number of hydrogen-bond acceptors (Lipinski definition) is 6. The van der Waals surface area contributed by atoms with E-state index in [1.807, 2.05) is 0 Å². The fraction of sp³-hybridized carbons (Fsp3) is 0.182. The van der Waals surface area contributed by atoms with E-state index in [2.05, 4.69) is 15.5 Å². The number of aromatic nitrogens is 2. The molecule has 0 aliphatic rings. The predicted octanol–water partition coefficient (Wildman–Crippen LogP) is 1.27. The van der Waals surface area contributed by atoms with Crippen molar-refractivity contribution < 1.29 is 14.4 Å². The molecule has 0 saturated heterocycles. The number of nitrogen functional groups attached to an aromatic ring is 1. The largest absolute Gasteiger partial charge is 0.478 e. The molecule has 0 aliphatic carbocycles. The number of rotatable bonds is 4. The van der Waals surface area contributed by atoms with Crippen molar-refractivity contribution in [3.63, 3.8) is 0 Å². The van der Waals surface area contributed by atoms with Crippen LogP contribution in [-0.2, 0) is 6.54 Å². The van der Waals surface area contributed by atoms with E-state index in [1.54, 1.807) is 13.0 Å². The Morgan fingerprint density at radius 3 is 2.94 bits per heavy atom. The molecule has 7 heteroatoms. The van der Waals surface area contributed by atoms with Gasteiger partial charge in [-0.15, -0.1) is 0 Å². The smallest absolute Gasteiger partial charge is 0.337 e. The maximum Gasteiger partial charge on any atom is 0.337 e. The molecule has 1 aromatic heterocycles. The first-order valence-corrected chi connectivity index (χ1v) is 5.22. The van der Waals surface area contributed by atoms with Crippen LogP contribution in [0.4, 0.5) is 11.4 Å². The molecule has 0 unspecified atom stereocenters. The second-order valence-corrected chi connectivity index (χ2v) is 3.69. The van der Waals surface area contributed by atoms with Crippen LogP contribution in [0.5, 0.6) is 0 Å². The summed E-state index contributed by atoms with van der Waals surface area (Å²) in [7, 11) is 0. The number of carboxylic acid groups (broad SMARTS) is 1. The maximum absolute atomic E-state index is 10.9. The standard InChI is InChI=1S/C11H12N4O3/c1-6-14-10(15-18-6)5-13-7-2-3-9(12)8(4-7)11(16)17/h2-4,13H,5,12H2,1H3,(H,16,17). The van der Waals surface area contributed by atoms with Gasteiger partial charge in [-0.1, -0.05) is 5.16 Å². The maximum atomic E-state index is 10.9. The molecule has 94 valence electrons. The molecule has 1 heterocycles. The van der Waals surface area contributed by atoms with Gasteiger partial charge in [-0.2, -0.15) is 4.98 Å². The lowest BCUT2D eigenvalue weighted by molar-refractivity contribution is 0.0698. The number of aromatic carboxylic acids is 1. The van der Waals surface area contributed by atoms with Gasteiger partial charge in [0, 0.05) is 18.3 Å². The Bertz CT molecular complexity index is 579. The first-order valence-electron chi connectivity index (χ1n) is 5.22. The summed E-state index contributed by atoms with van der Waals surface area (Å²) >= 11 is 0. The Morgan fingerprint density at radius 1 is 1.56 bits per heavy atom. The number of benzene rings is 1. The topological polar surface area (TPSA) is 114 Å². The van der Waals surface area contributed by atoms with Crippen LogP contribution in [0, 0.1) is 6.92 Å². The molecule has 18 heavy (non-hydrogen) atoms. The first kappa shape index (κ1) is 11.9. The first-order chi connectivity index (χ1) is 8.56. The highest BCUT2D eigenvalue weighted by atomic mass is 16.5. The number of hydrogen-bond donors (Lipinski definition) is 3. The van der Waals surface area contributed by atoms with Gasteiger partial charge < -0.3 is 20.7 Å². The van der Waals surface area contributed by atoms with Gasteiger partial charge in [-0.25, -0.2) is 4.79 Å². The zero-order chi connectivity index (χ0) is 13.1. The Hall–Kier alpha value is -2.57. The van der Waals surface area contributed by atoms with Crippen LogP contribution < -0.4 is 11.1 Å². The molecule has 2 aromatic rings. The lowest BCUT2D eigenvalue weighted by atomic mass is 10.1. The monoisotopic (exact) mass is 248 g/mol. The molecule has 1 aromatic carbocycles. The molecule has 7 nitrogen and oxygen atoms in total. The summed E-state index contributed by atoms with van der Waals surface area (Å²) in [5.74, 6) is -0.0805. The van der Waals surface area contributed by atoms with Crippen LogP contribution >= 0.6 is 0 Å². The summed E-state index contributed by atoms with van der Waals surface area (Å²) in [4.78, 5) is 14.9. The van der Waals surface area contributed by atoms with E-state index in [4.69, 9.17) is 15.4 Å². The normalized spacial score (nSPS) is 10.3. The van der Waals surface area contributed by atoms with Crippen molar-refractivity contribution in [3.8, 4) is 0 Å². The van der Waals surface area contributed by atoms with E-state index in [1.165, 1.54) is 12.1 Å². The van der Waals surface area contributed by atoms with Crippen molar-refractivity contribution in [1.82, 2.24) is 10.1 Å². The van der Waals surface area contributed by atoms with Crippen molar-refractivity contribution in [1.29, 1.82) is 0 Å². The third-order valence-corrected chi connectivity index (χ3v) is 2.30. The van der Waals surface area contributed by atoms with E-state index in [0.717, 1.165) is 0 Å². The van der Waals surface area contributed by atoms with Crippen molar-refractivity contribution in [2.75, 3.05) is 11.1 Å². The van der Waals surface area contributed by atoms with Crippen molar-refractivity contribution >= 4 is 17.3 Å². The highest BCUT2D eigenvalue weighted by Gasteiger charge is 2.09. The molecule has 0 fully saturated rings. The molecular weight excluding hydrogens is 236 g/mol. The summed E-state index contributed by atoms with van der Waals surface area (Å²) in [6.07, 6.45) is 0. The zero-order valence-corrected chi connectivity index (χ0v) is 9.67. The van der Waals surface area contributed by atoms with E-state index >= 15 is 0 Å². The van der Waals surface area contributed by atoms with Crippen molar-refractivity contribution in [2.45, 2.75) is 13.5 Å². The quantitative estimate of drug-likeness (QED) is 0.698. The summed E-state index contributed by atoms with van der Waals surface area (Å²) in [6, 6.07) is 4.69. The van der Waals surface area contributed by atoms with E-state index in [-0.39, 0.29) is 11.3 Å². The number of carbonyl (C=O) groups is 1. The molecule has 4 N–H and O–H groups in total. The third-order valence-electron chi connectivity index (χ3n) is 2.30. The molecule has 0 radical (unpaired) electrons. The van der Waals surface area contributed by atoms with Gasteiger partial charge >= 0.3 is 5.97 Å². The second-order valence-electron chi connectivity index (χ2n) is 3.69. The SMILES string of the molecule is Cc1nc(CNc2ccc(N)c(C(=O)O)c2)no1. The summed E-state index contributed by atoms with van der Waals surface area (Å²) < 4.78 is 4.82. The van der Waals surface area contributed by atoms with Gasteiger partial charge in [0.1, 0.15) is 0 Å². The van der Waals surface area contributed by atoms with Crippen LogP contribution in [0.2, 0.25) is 0 Å². The number of nitrogens with one attached hydrogen (secondary N) is 1. The van der Waals surface area contributed by atoms with Gasteiger partial charge in [-0.3, -0.25) is 0 Å². The van der Waals surface area contributed by atoms with Crippen LogP contribution in [-0.4, -0.2) is 21.2 Å². The predicted molar refractivity (Wildman–Crippen MR) is 64.2 cm³/mol. The van der Waals surface area contributed by atoms with E-state index in [0.29, 0.717) is 23.9 Å². The number of aryl methyl sites for hydroxylation is 1.